The summed E-state index contributed by atoms with van der Waals surface area (Å²) < 4.78 is 1.65. The molecule has 4 N–H and O–H groups in total. The molecule has 15 heavy (non-hydrogen) atoms. The molecule has 0 atom stereocenters. The Morgan fingerprint density at radius 1 is 1.20 bits per heavy atom. The molecule has 1 heterocycles. The normalized spacial score (nSPS) is 10.5. The molecule has 0 spiro atoms. The summed E-state index contributed by atoms with van der Waals surface area (Å²) in [6, 6.07) is 9.16. The van der Waals surface area contributed by atoms with E-state index in [0.29, 0.717) is 23.2 Å². The maximum absolute atomic E-state index is 5.78. The molecule has 0 saturated heterocycles. The van der Waals surface area contributed by atoms with Crippen molar-refractivity contribution in [3.05, 3.63) is 40.9 Å². The fourth-order valence-electron chi connectivity index (χ4n) is 1.34. The van der Waals surface area contributed by atoms with Crippen LogP contribution in [-0.2, 0) is 6.54 Å². The molecule has 0 aliphatic carbocycles. The Morgan fingerprint density at radius 3 is 2.40 bits per heavy atom. The van der Waals surface area contributed by atoms with Gasteiger partial charge in [-0.25, -0.2) is 4.68 Å². The number of nitrogen functional groups attached to an aromatic ring is 2. The van der Waals surface area contributed by atoms with Crippen molar-refractivity contribution in [3.63, 3.8) is 0 Å². The van der Waals surface area contributed by atoms with Crippen LogP contribution in [0.3, 0.4) is 0 Å². The SMILES string of the molecule is Nc1cc(N)n(Cc2ccc(Cl)cc2)n1. The van der Waals surface area contributed by atoms with Crippen LogP contribution >= 0.6 is 11.6 Å². The number of nitrogens with two attached hydrogens (primary N) is 2. The van der Waals surface area contributed by atoms with Crippen LogP contribution in [0, 0.1) is 0 Å². The second-order valence-corrected chi connectivity index (χ2v) is 3.71. The Bertz CT molecular complexity index is 461. The molecule has 0 radical (unpaired) electrons. The maximum Gasteiger partial charge on any atom is 0.147 e. The van der Waals surface area contributed by atoms with Gasteiger partial charge in [-0.05, 0) is 17.7 Å². The fourth-order valence-corrected chi connectivity index (χ4v) is 1.47. The number of anilines is 2. The van der Waals surface area contributed by atoms with E-state index >= 15 is 0 Å². The van der Waals surface area contributed by atoms with E-state index < -0.39 is 0 Å². The molecule has 2 rings (SSSR count). The second-order valence-electron chi connectivity index (χ2n) is 3.28. The van der Waals surface area contributed by atoms with E-state index in [4.69, 9.17) is 23.1 Å². The molecule has 0 aliphatic rings. The molecule has 2 aromatic rings. The first-order chi connectivity index (χ1) is 7.15. The fraction of sp³-hybridized carbons (Fsp3) is 0.100. The topological polar surface area (TPSA) is 69.9 Å². The number of benzene rings is 1. The Balaban J connectivity index is 2.21. The largest absolute Gasteiger partial charge is 0.384 e. The van der Waals surface area contributed by atoms with Gasteiger partial charge in [0.1, 0.15) is 11.6 Å². The summed E-state index contributed by atoms with van der Waals surface area (Å²) in [6.07, 6.45) is 0. The third-order valence-electron chi connectivity index (χ3n) is 2.08. The molecule has 5 heteroatoms. The zero-order valence-corrected chi connectivity index (χ0v) is 8.78. The average Bonchev–Trinajstić information content (AvgIpc) is 2.49. The van der Waals surface area contributed by atoms with Gasteiger partial charge in [0, 0.05) is 11.1 Å². The smallest absolute Gasteiger partial charge is 0.147 e. The van der Waals surface area contributed by atoms with Crippen LogP contribution in [0.5, 0.6) is 0 Å². The average molecular weight is 223 g/mol. The lowest BCUT2D eigenvalue weighted by atomic mass is 10.2. The van der Waals surface area contributed by atoms with Crippen LogP contribution in [0.2, 0.25) is 5.02 Å². The number of aromatic nitrogens is 2. The zero-order chi connectivity index (χ0) is 10.8. The predicted octanol–water partition coefficient (Wildman–Crippen LogP) is 1.75. The number of hydrogen-bond acceptors (Lipinski definition) is 3. The molecule has 0 fully saturated rings. The molecule has 0 amide bonds. The summed E-state index contributed by atoms with van der Waals surface area (Å²) in [5.74, 6) is 0.990. The highest BCUT2D eigenvalue weighted by Crippen LogP contribution is 2.13. The Kier molecular flexibility index (Phi) is 2.51. The van der Waals surface area contributed by atoms with Crippen LogP contribution in [0.1, 0.15) is 5.56 Å². The Labute approximate surface area is 92.4 Å². The second kappa shape index (κ2) is 3.82. The molecular formula is C10H11ClN4. The highest BCUT2D eigenvalue weighted by atomic mass is 35.5. The lowest BCUT2D eigenvalue weighted by molar-refractivity contribution is 0.701. The standard InChI is InChI=1S/C10H11ClN4/c11-8-3-1-7(2-4-8)6-15-10(13)5-9(12)14-15/h1-5H,6,13H2,(H2,12,14). The molecular weight excluding hydrogens is 212 g/mol. The van der Waals surface area contributed by atoms with Crippen LogP contribution in [-0.4, -0.2) is 9.78 Å². The Morgan fingerprint density at radius 2 is 1.87 bits per heavy atom. The van der Waals surface area contributed by atoms with E-state index in [2.05, 4.69) is 5.10 Å². The number of hydrogen-bond donors (Lipinski definition) is 2. The molecule has 0 bridgehead atoms. The predicted molar refractivity (Wildman–Crippen MR) is 61.6 cm³/mol. The van der Waals surface area contributed by atoms with Crippen LogP contribution < -0.4 is 11.5 Å². The minimum atomic E-state index is 0.432. The van der Waals surface area contributed by atoms with Crippen molar-refractivity contribution >= 4 is 23.2 Å². The van der Waals surface area contributed by atoms with Gasteiger partial charge in [-0.3, -0.25) is 0 Å². The van der Waals surface area contributed by atoms with Gasteiger partial charge in [0.15, 0.2) is 0 Å². The van der Waals surface area contributed by atoms with Crippen LogP contribution in [0.4, 0.5) is 11.6 Å². The summed E-state index contributed by atoms with van der Waals surface area (Å²) >= 11 is 5.78. The van der Waals surface area contributed by atoms with Gasteiger partial charge in [-0.1, -0.05) is 23.7 Å². The maximum atomic E-state index is 5.78. The highest BCUT2D eigenvalue weighted by Gasteiger charge is 2.02. The summed E-state index contributed by atoms with van der Waals surface area (Å²) in [6.45, 7) is 0.597. The lowest BCUT2D eigenvalue weighted by Gasteiger charge is -2.03. The zero-order valence-electron chi connectivity index (χ0n) is 8.02. The third kappa shape index (κ3) is 2.22. The first-order valence-corrected chi connectivity index (χ1v) is 4.86. The van der Waals surface area contributed by atoms with Gasteiger partial charge in [0.25, 0.3) is 0 Å². The van der Waals surface area contributed by atoms with Crippen molar-refractivity contribution < 1.29 is 0 Å². The Hall–Kier alpha value is -1.68. The lowest BCUT2D eigenvalue weighted by Crippen LogP contribution is -2.05. The first kappa shape index (κ1) is 9.86. The van der Waals surface area contributed by atoms with E-state index in [-0.39, 0.29) is 0 Å². The quantitative estimate of drug-likeness (QED) is 0.813. The molecule has 78 valence electrons. The summed E-state index contributed by atoms with van der Waals surface area (Å²) in [5, 5.41) is 4.78. The van der Waals surface area contributed by atoms with Crippen molar-refractivity contribution in [3.8, 4) is 0 Å². The van der Waals surface area contributed by atoms with E-state index in [1.165, 1.54) is 0 Å². The van der Waals surface area contributed by atoms with Crippen molar-refractivity contribution in [2.45, 2.75) is 6.54 Å². The number of nitrogens with zero attached hydrogens (tertiary/aromatic N) is 2. The van der Waals surface area contributed by atoms with Gasteiger partial charge < -0.3 is 11.5 Å². The van der Waals surface area contributed by atoms with Gasteiger partial charge >= 0.3 is 0 Å². The summed E-state index contributed by atoms with van der Waals surface area (Å²) in [5.41, 5.74) is 12.3. The van der Waals surface area contributed by atoms with Crippen molar-refractivity contribution in [1.82, 2.24) is 9.78 Å². The van der Waals surface area contributed by atoms with Gasteiger partial charge in [-0.15, -0.1) is 0 Å². The van der Waals surface area contributed by atoms with Crippen molar-refractivity contribution in [2.24, 2.45) is 0 Å². The van der Waals surface area contributed by atoms with E-state index in [0.717, 1.165) is 5.56 Å². The van der Waals surface area contributed by atoms with E-state index in [9.17, 15) is 0 Å². The minimum absolute atomic E-state index is 0.432. The van der Waals surface area contributed by atoms with Crippen molar-refractivity contribution in [2.75, 3.05) is 11.5 Å². The van der Waals surface area contributed by atoms with Gasteiger partial charge in [-0.2, -0.15) is 5.10 Å². The van der Waals surface area contributed by atoms with Crippen molar-refractivity contribution in [1.29, 1.82) is 0 Å². The molecule has 1 aromatic carbocycles. The molecule has 4 nitrogen and oxygen atoms in total. The molecule has 0 unspecified atom stereocenters. The van der Waals surface area contributed by atoms with Crippen LogP contribution in [0.15, 0.2) is 30.3 Å². The van der Waals surface area contributed by atoms with Crippen LogP contribution in [0.25, 0.3) is 0 Å². The number of halogens is 1. The van der Waals surface area contributed by atoms with Gasteiger partial charge in [0.2, 0.25) is 0 Å². The summed E-state index contributed by atoms with van der Waals surface area (Å²) in [7, 11) is 0. The molecule has 1 aromatic heterocycles. The van der Waals surface area contributed by atoms with E-state index in [1.807, 2.05) is 24.3 Å². The minimum Gasteiger partial charge on any atom is -0.384 e. The van der Waals surface area contributed by atoms with E-state index in [1.54, 1.807) is 10.7 Å². The third-order valence-corrected chi connectivity index (χ3v) is 2.33. The first-order valence-electron chi connectivity index (χ1n) is 4.48. The monoisotopic (exact) mass is 222 g/mol. The highest BCUT2D eigenvalue weighted by molar-refractivity contribution is 6.30. The summed E-state index contributed by atoms with van der Waals surface area (Å²) in [4.78, 5) is 0. The molecule has 0 aliphatic heterocycles. The van der Waals surface area contributed by atoms with Gasteiger partial charge in [0.05, 0.1) is 6.54 Å². The number of rotatable bonds is 2. The molecule has 0 saturated carbocycles.